The first-order chi connectivity index (χ1) is 14.3. The number of nitrogens with zero attached hydrogens (tertiary/aromatic N) is 1. The summed E-state index contributed by atoms with van der Waals surface area (Å²) in [5.41, 5.74) is 0.424. The largest absolute Gasteiger partial charge is 0.484 e. The number of hydrogen-bond acceptors (Lipinski definition) is 4. The molecule has 30 heavy (non-hydrogen) atoms. The molecule has 3 rings (SSSR count). The van der Waals surface area contributed by atoms with Gasteiger partial charge in [-0.15, -0.1) is 0 Å². The van der Waals surface area contributed by atoms with Crippen molar-refractivity contribution in [3.05, 3.63) is 59.9 Å². The average Bonchev–Trinajstić information content (AvgIpc) is 2.74. The Morgan fingerprint density at radius 3 is 2.43 bits per heavy atom. The predicted octanol–water partition coefficient (Wildman–Crippen LogP) is 3.47. The molecule has 0 bridgehead atoms. The van der Waals surface area contributed by atoms with Crippen LogP contribution < -0.4 is 9.46 Å². The molecular formula is C22H27FN2O4S. The van der Waals surface area contributed by atoms with Gasteiger partial charge in [0.05, 0.1) is 4.90 Å². The molecule has 8 heteroatoms. The van der Waals surface area contributed by atoms with E-state index in [0.717, 1.165) is 32.1 Å². The van der Waals surface area contributed by atoms with E-state index in [9.17, 15) is 17.6 Å². The lowest BCUT2D eigenvalue weighted by Gasteiger charge is -2.22. The number of nitrogens with one attached hydrogen (secondary N) is 1. The first kappa shape index (κ1) is 22.2. The fraction of sp³-hybridized carbons (Fsp3) is 0.409. The average molecular weight is 435 g/mol. The zero-order valence-corrected chi connectivity index (χ0v) is 17.8. The molecule has 1 fully saturated rings. The molecule has 0 unspecified atom stereocenters. The summed E-state index contributed by atoms with van der Waals surface area (Å²) in [6.45, 7) is -0.0870. The van der Waals surface area contributed by atoms with Crippen molar-refractivity contribution < 1.29 is 22.3 Å². The zero-order chi connectivity index (χ0) is 21.6. The van der Waals surface area contributed by atoms with E-state index in [1.807, 2.05) is 0 Å². The number of benzene rings is 2. The maximum absolute atomic E-state index is 13.7. The van der Waals surface area contributed by atoms with E-state index in [4.69, 9.17) is 4.74 Å². The monoisotopic (exact) mass is 434 g/mol. The van der Waals surface area contributed by atoms with E-state index in [1.165, 1.54) is 35.2 Å². The second-order valence-corrected chi connectivity index (χ2v) is 9.27. The van der Waals surface area contributed by atoms with Crippen molar-refractivity contribution >= 4 is 15.9 Å². The van der Waals surface area contributed by atoms with Crippen LogP contribution in [0.5, 0.6) is 5.75 Å². The summed E-state index contributed by atoms with van der Waals surface area (Å²) in [5, 5.41) is 0. The number of sulfonamides is 1. The van der Waals surface area contributed by atoms with Gasteiger partial charge in [0.2, 0.25) is 10.0 Å². The second kappa shape index (κ2) is 10.0. The van der Waals surface area contributed by atoms with Crippen LogP contribution in [0.25, 0.3) is 0 Å². The molecule has 162 valence electrons. The maximum Gasteiger partial charge on any atom is 0.260 e. The Morgan fingerprint density at radius 2 is 1.77 bits per heavy atom. The number of ether oxygens (including phenoxy) is 1. The summed E-state index contributed by atoms with van der Waals surface area (Å²) in [6, 6.07) is 12.3. The van der Waals surface area contributed by atoms with Gasteiger partial charge in [0.25, 0.3) is 5.91 Å². The number of hydrogen-bond donors (Lipinski definition) is 1. The molecule has 1 N–H and O–H groups in total. The van der Waals surface area contributed by atoms with Crippen LogP contribution in [-0.4, -0.2) is 38.9 Å². The van der Waals surface area contributed by atoms with E-state index in [-0.39, 0.29) is 35.8 Å². The smallest absolute Gasteiger partial charge is 0.260 e. The van der Waals surface area contributed by atoms with Crippen LogP contribution in [0.3, 0.4) is 0 Å². The first-order valence-corrected chi connectivity index (χ1v) is 11.6. The Bertz CT molecular complexity index is 957. The lowest BCUT2D eigenvalue weighted by Crippen LogP contribution is -2.36. The topological polar surface area (TPSA) is 75.7 Å². The summed E-state index contributed by atoms with van der Waals surface area (Å²) >= 11 is 0. The van der Waals surface area contributed by atoms with Crippen LogP contribution in [0.4, 0.5) is 4.39 Å². The van der Waals surface area contributed by atoms with E-state index in [1.54, 1.807) is 25.2 Å². The third kappa shape index (κ3) is 6.03. The van der Waals surface area contributed by atoms with Crippen LogP contribution in [0.15, 0.2) is 53.4 Å². The minimum Gasteiger partial charge on any atom is -0.484 e. The van der Waals surface area contributed by atoms with Gasteiger partial charge in [-0.05, 0) is 43.2 Å². The van der Waals surface area contributed by atoms with Gasteiger partial charge in [-0.3, -0.25) is 4.79 Å². The van der Waals surface area contributed by atoms with Crippen molar-refractivity contribution in [1.29, 1.82) is 0 Å². The summed E-state index contributed by atoms with van der Waals surface area (Å²) in [5.74, 6) is -0.287. The Labute approximate surface area is 177 Å². The molecule has 1 saturated carbocycles. The van der Waals surface area contributed by atoms with Crippen molar-refractivity contribution in [2.45, 2.75) is 49.6 Å². The highest BCUT2D eigenvalue weighted by molar-refractivity contribution is 7.89. The van der Waals surface area contributed by atoms with Gasteiger partial charge in [0.1, 0.15) is 11.6 Å². The van der Waals surface area contributed by atoms with E-state index >= 15 is 0 Å². The summed E-state index contributed by atoms with van der Waals surface area (Å²) in [7, 11) is -2.00. The van der Waals surface area contributed by atoms with Crippen LogP contribution in [0, 0.1) is 5.82 Å². The molecule has 6 nitrogen and oxygen atoms in total. The Hall–Kier alpha value is -2.45. The van der Waals surface area contributed by atoms with Crippen LogP contribution in [0.1, 0.15) is 37.7 Å². The summed E-state index contributed by atoms with van der Waals surface area (Å²) in [6.07, 6.45) is 4.96. The number of halogens is 1. The van der Waals surface area contributed by atoms with Gasteiger partial charge in [-0.1, -0.05) is 37.5 Å². The highest BCUT2D eigenvalue weighted by Gasteiger charge is 2.22. The molecule has 0 spiro atoms. The maximum atomic E-state index is 13.7. The molecule has 0 aliphatic heterocycles. The van der Waals surface area contributed by atoms with E-state index in [2.05, 4.69) is 4.72 Å². The Morgan fingerprint density at radius 1 is 1.10 bits per heavy atom. The lowest BCUT2D eigenvalue weighted by atomic mass is 9.96. The lowest BCUT2D eigenvalue weighted by molar-refractivity contribution is -0.132. The number of rotatable bonds is 8. The SMILES string of the molecule is CN(Cc1ccccc1F)C(=O)COc1ccc(S(=O)(=O)NC2CCCCC2)cc1. The zero-order valence-electron chi connectivity index (χ0n) is 17.0. The van der Waals surface area contributed by atoms with Gasteiger partial charge < -0.3 is 9.64 Å². The molecule has 1 aliphatic rings. The van der Waals surface area contributed by atoms with Gasteiger partial charge in [0.15, 0.2) is 6.61 Å². The minimum absolute atomic E-state index is 0.0118. The quantitative estimate of drug-likeness (QED) is 0.690. The third-order valence-corrected chi connectivity index (χ3v) is 6.75. The number of likely N-dealkylation sites (N-methyl/N-ethyl adjacent to an activating group) is 1. The highest BCUT2D eigenvalue weighted by atomic mass is 32.2. The molecule has 0 heterocycles. The molecular weight excluding hydrogens is 407 g/mol. The molecule has 0 aromatic heterocycles. The summed E-state index contributed by atoms with van der Waals surface area (Å²) in [4.78, 5) is 13.8. The second-order valence-electron chi connectivity index (χ2n) is 7.56. The normalized spacial score (nSPS) is 15.0. The fourth-order valence-corrected chi connectivity index (χ4v) is 4.75. The first-order valence-electron chi connectivity index (χ1n) is 10.1. The minimum atomic E-state index is -3.58. The molecule has 0 atom stereocenters. The predicted molar refractivity (Wildman–Crippen MR) is 112 cm³/mol. The van der Waals surface area contributed by atoms with Gasteiger partial charge >= 0.3 is 0 Å². The van der Waals surface area contributed by atoms with Gasteiger partial charge in [-0.25, -0.2) is 17.5 Å². The van der Waals surface area contributed by atoms with Crippen molar-refractivity contribution in [2.75, 3.05) is 13.7 Å². The third-order valence-electron chi connectivity index (χ3n) is 5.21. The number of carbonyl (C=O) groups is 1. The molecule has 0 saturated heterocycles. The Balaban J connectivity index is 1.52. The van der Waals surface area contributed by atoms with Crippen LogP contribution >= 0.6 is 0 Å². The fourth-order valence-electron chi connectivity index (χ4n) is 3.45. The highest BCUT2D eigenvalue weighted by Crippen LogP contribution is 2.21. The molecule has 2 aromatic rings. The van der Waals surface area contributed by atoms with Crippen molar-refractivity contribution in [1.82, 2.24) is 9.62 Å². The standard InChI is InChI=1S/C22H27FN2O4S/c1-25(15-17-7-5-6-10-21(17)23)22(26)16-29-19-11-13-20(14-12-19)30(27,28)24-18-8-3-2-4-9-18/h5-7,10-14,18,24H,2-4,8-9,15-16H2,1H3. The van der Waals surface area contributed by atoms with Crippen molar-refractivity contribution in [3.8, 4) is 5.75 Å². The molecule has 2 aromatic carbocycles. The van der Waals surface area contributed by atoms with Crippen LogP contribution in [0.2, 0.25) is 0 Å². The molecule has 1 aliphatic carbocycles. The molecule has 0 radical (unpaired) electrons. The summed E-state index contributed by atoms with van der Waals surface area (Å²) < 4.78 is 47.0. The van der Waals surface area contributed by atoms with Crippen molar-refractivity contribution in [2.24, 2.45) is 0 Å². The number of carbonyl (C=O) groups excluding carboxylic acids is 1. The van der Waals surface area contributed by atoms with E-state index < -0.39 is 10.0 Å². The van der Waals surface area contributed by atoms with Crippen molar-refractivity contribution in [3.63, 3.8) is 0 Å². The number of amides is 1. The van der Waals surface area contributed by atoms with E-state index in [0.29, 0.717) is 11.3 Å². The van der Waals surface area contributed by atoms with Crippen LogP contribution in [-0.2, 0) is 21.4 Å². The van der Waals surface area contributed by atoms with Gasteiger partial charge in [0, 0.05) is 25.2 Å². The molecule has 1 amide bonds. The Kier molecular flexibility index (Phi) is 7.44. The van der Waals surface area contributed by atoms with Gasteiger partial charge in [-0.2, -0.15) is 0 Å².